The standard InChI is InChI=1S/3C10H17N2O3.Fe/c3*1-9(14)8-10(15)12-4-2-11(3-5-12)6-7-13;/h3*2-8H2,1H3;/q3*-1;+3. The van der Waals surface area contributed by atoms with Crippen LogP contribution in [0.15, 0.2) is 0 Å². The molecule has 3 heterocycles. The fourth-order valence-electron chi connectivity index (χ4n) is 5.02. The van der Waals surface area contributed by atoms with Crippen molar-refractivity contribution in [1.82, 2.24) is 29.4 Å². The predicted molar refractivity (Wildman–Crippen MR) is 160 cm³/mol. The van der Waals surface area contributed by atoms with Crippen LogP contribution in [0, 0.1) is 0 Å². The molecule has 0 aromatic heterocycles. The summed E-state index contributed by atoms with van der Waals surface area (Å²) >= 11 is 0. The molecular weight excluding hydrogens is 644 g/mol. The van der Waals surface area contributed by atoms with Gasteiger partial charge in [0.1, 0.15) is 17.3 Å². The van der Waals surface area contributed by atoms with Gasteiger partial charge in [0, 0.05) is 78.5 Å². The van der Waals surface area contributed by atoms with Crippen LogP contribution >= 0.6 is 0 Å². The molecular formula is C30H51FeN6O9. The Morgan fingerprint density at radius 1 is 0.413 bits per heavy atom. The van der Waals surface area contributed by atoms with Gasteiger partial charge in [0.25, 0.3) is 0 Å². The molecule has 15 nitrogen and oxygen atoms in total. The minimum absolute atomic E-state index is 0. The van der Waals surface area contributed by atoms with Crippen LogP contribution in [-0.2, 0) is 45.8 Å². The maximum Gasteiger partial charge on any atom is 3.00 e. The molecule has 3 fully saturated rings. The Bertz CT molecular complexity index is 830. The molecule has 0 atom stereocenters. The summed E-state index contributed by atoms with van der Waals surface area (Å²) in [5, 5.41) is 31.2. The van der Waals surface area contributed by atoms with E-state index in [0.717, 1.165) is 39.3 Å². The van der Waals surface area contributed by atoms with E-state index in [9.17, 15) is 44.1 Å². The van der Waals surface area contributed by atoms with E-state index in [1.54, 1.807) is 14.7 Å². The number of carbonyl (C=O) groups excluding carboxylic acids is 6. The number of carbonyl (C=O) groups is 6. The zero-order valence-electron chi connectivity index (χ0n) is 27.6. The molecule has 3 aliphatic heterocycles. The molecule has 3 rings (SSSR count). The average molecular weight is 696 g/mol. The first-order valence-corrected chi connectivity index (χ1v) is 15.6. The third kappa shape index (κ3) is 18.7. The van der Waals surface area contributed by atoms with Crippen LogP contribution in [-0.4, -0.2) is 182 Å². The summed E-state index contributed by atoms with van der Waals surface area (Å²) in [7, 11) is 0. The fourth-order valence-corrected chi connectivity index (χ4v) is 5.02. The summed E-state index contributed by atoms with van der Waals surface area (Å²) in [5.74, 6) is -0.566. The van der Waals surface area contributed by atoms with E-state index in [-0.39, 0.29) is 91.2 Å². The van der Waals surface area contributed by atoms with Gasteiger partial charge in [-0.05, 0) is 40.4 Å². The third-order valence-electron chi connectivity index (χ3n) is 7.60. The van der Waals surface area contributed by atoms with Gasteiger partial charge >= 0.3 is 17.1 Å². The smallest absolute Gasteiger partial charge is 0.854 e. The van der Waals surface area contributed by atoms with Crippen LogP contribution in [0.4, 0.5) is 0 Å². The van der Waals surface area contributed by atoms with Gasteiger partial charge in [0.05, 0.1) is 19.3 Å². The zero-order valence-corrected chi connectivity index (χ0v) is 28.7. The van der Waals surface area contributed by atoms with Gasteiger partial charge in [-0.25, -0.2) is 0 Å². The largest absolute Gasteiger partial charge is 3.00 e. The summed E-state index contributed by atoms with van der Waals surface area (Å²) in [6, 6.07) is 0. The van der Waals surface area contributed by atoms with E-state index >= 15 is 0 Å². The van der Waals surface area contributed by atoms with Gasteiger partial charge < -0.3 is 44.7 Å². The van der Waals surface area contributed by atoms with E-state index < -0.39 is 0 Å². The van der Waals surface area contributed by atoms with Crippen molar-refractivity contribution >= 4 is 35.1 Å². The maximum atomic E-state index is 11.5. The molecule has 0 unspecified atom stereocenters. The molecule has 0 aromatic rings. The molecule has 0 aliphatic carbocycles. The van der Waals surface area contributed by atoms with Crippen LogP contribution in [0.3, 0.4) is 0 Å². The number of Topliss-reactive ketones (excluding diaryl/α,β-unsaturated/α-hetero) is 3. The van der Waals surface area contributed by atoms with Gasteiger partial charge in [-0.15, -0.1) is 19.8 Å². The summed E-state index contributed by atoms with van der Waals surface area (Å²) in [4.78, 5) is 78.0. The molecule has 0 spiro atoms. The summed E-state index contributed by atoms with van der Waals surface area (Å²) < 4.78 is 0. The number of ketones is 3. The van der Waals surface area contributed by atoms with E-state index in [2.05, 4.69) is 0 Å². The first-order chi connectivity index (χ1) is 21.4. The molecule has 3 amide bonds. The number of piperazine rings is 3. The van der Waals surface area contributed by atoms with Crippen molar-refractivity contribution in [1.29, 1.82) is 0 Å². The van der Waals surface area contributed by atoms with E-state index in [1.807, 2.05) is 14.7 Å². The second kappa shape index (κ2) is 24.8. The number of amides is 3. The molecule has 3 aliphatic rings. The summed E-state index contributed by atoms with van der Waals surface area (Å²) in [6.07, 6.45) is 0.00463. The van der Waals surface area contributed by atoms with Crippen LogP contribution in [0.5, 0.6) is 0 Å². The van der Waals surface area contributed by atoms with E-state index in [0.29, 0.717) is 58.9 Å². The first-order valence-electron chi connectivity index (χ1n) is 15.6. The SMILES string of the molecule is CC(=O)CC(=O)N1CCN(CC[O-])CC1.CC(=O)CC(=O)N1CCN(CC[O-])CC1.CC(=O)CC(=O)N1CCN(CC[O-])CC1.[Fe+3]. The molecule has 46 heavy (non-hydrogen) atoms. The molecule has 3 saturated heterocycles. The van der Waals surface area contributed by atoms with Crippen molar-refractivity contribution in [3.8, 4) is 0 Å². The van der Waals surface area contributed by atoms with Crippen molar-refractivity contribution in [2.24, 2.45) is 0 Å². The average Bonchev–Trinajstić information content (AvgIpc) is 2.98. The number of hydrogen-bond donors (Lipinski definition) is 0. The van der Waals surface area contributed by atoms with Gasteiger partial charge in [0.15, 0.2) is 0 Å². The summed E-state index contributed by atoms with van der Waals surface area (Å²) in [5.41, 5.74) is 0. The Kier molecular flexibility index (Phi) is 23.6. The normalized spacial score (nSPS) is 17.5. The van der Waals surface area contributed by atoms with Crippen LogP contribution in [0.1, 0.15) is 40.0 Å². The van der Waals surface area contributed by atoms with Gasteiger partial charge in [-0.2, -0.15) is 0 Å². The van der Waals surface area contributed by atoms with Crippen LogP contribution in [0.2, 0.25) is 0 Å². The molecule has 0 bridgehead atoms. The van der Waals surface area contributed by atoms with E-state index in [1.165, 1.54) is 20.8 Å². The van der Waals surface area contributed by atoms with Crippen LogP contribution < -0.4 is 15.3 Å². The van der Waals surface area contributed by atoms with Crippen molar-refractivity contribution in [2.75, 3.05) is 118 Å². The second-order valence-corrected chi connectivity index (χ2v) is 11.4. The minimum Gasteiger partial charge on any atom is -0.854 e. The quantitative estimate of drug-likeness (QED) is 0.141. The van der Waals surface area contributed by atoms with Gasteiger partial charge in [-0.1, -0.05) is 0 Å². The maximum absolute atomic E-state index is 11.5. The second-order valence-electron chi connectivity index (χ2n) is 11.4. The van der Waals surface area contributed by atoms with Gasteiger partial charge in [0.2, 0.25) is 17.7 Å². The molecule has 0 N–H and O–H groups in total. The van der Waals surface area contributed by atoms with Crippen molar-refractivity contribution in [2.45, 2.75) is 40.0 Å². The predicted octanol–water partition coefficient (Wildman–Crippen LogP) is -4.59. The topological polar surface area (TPSA) is 191 Å². The molecule has 0 saturated carbocycles. The first kappa shape index (κ1) is 43.7. The third-order valence-corrected chi connectivity index (χ3v) is 7.60. The molecule has 0 aromatic carbocycles. The van der Waals surface area contributed by atoms with Crippen LogP contribution in [0.25, 0.3) is 0 Å². The van der Waals surface area contributed by atoms with Crippen molar-refractivity contribution in [3.05, 3.63) is 0 Å². The summed E-state index contributed by atoms with van der Waals surface area (Å²) in [6.45, 7) is 13.9. The zero-order chi connectivity index (χ0) is 33.8. The monoisotopic (exact) mass is 695 g/mol. The van der Waals surface area contributed by atoms with Crippen molar-refractivity contribution in [3.63, 3.8) is 0 Å². The number of nitrogens with zero attached hydrogens (tertiary/aromatic N) is 6. The Morgan fingerprint density at radius 3 is 0.761 bits per heavy atom. The number of rotatable bonds is 12. The van der Waals surface area contributed by atoms with E-state index in [4.69, 9.17) is 0 Å². The van der Waals surface area contributed by atoms with Crippen molar-refractivity contribution < 1.29 is 61.2 Å². The number of hydrogen-bond acceptors (Lipinski definition) is 12. The Hall–Kier alpha value is -2.30. The Morgan fingerprint density at radius 2 is 0.609 bits per heavy atom. The molecule has 263 valence electrons. The molecule has 1 radical (unpaired) electrons. The van der Waals surface area contributed by atoms with Gasteiger partial charge in [-0.3, -0.25) is 28.8 Å². The Labute approximate surface area is 283 Å². The minimum atomic E-state index is -0.0958. The molecule has 16 heteroatoms. The Balaban J connectivity index is 0.000000653. The fraction of sp³-hybridized carbons (Fsp3) is 0.800.